The molecule has 2 aliphatic rings. The molecule has 2 fully saturated rings. The normalized spacial score (nSPS) is 18.5. The van der Waals surface area contributed by atoms with Gasteiger partial charge in [0.1, 0.15) is 4.21 Å². The van der Waals surface area contributed by atoms with Gasteiger partial charge in [0.15, 0.2) is 0 Å². The van der Waals surface area contributed by atoms with Gasteiger partial charge in [0, 0.05) is 43.3 Å². The molecule has 1 N–H and O–H groups in total. The number of sulfonamides is 1. The molecule has 2 aromatic rings. The summed E-state index contributed by atoms with van der Waals surface area (Å²) in [5.41, 5.74) is 1.90. The van der Waals surface area contributed by atoms with Crippen LogP contribution in [0.25, 0.3) is 0 Å². The minimum absolute atomic E-state index is 0.148. The van der Waals surface area contributed by atoms with Gasteiger partial charge in [-0.3, -0.25) is 9.69 Å². The second kappa shape index (κ2) is 9.57. The second-order valence-corrected chi connectivity index (χ2v) is 11.0. The average Bonchev–Trinajstić information content (AvgIpc) is 3.42. The Balaban J connectivity index is 1.35. The molecule has 2 aliphatic heterocycles. The fourth-order valence-corrected chi connectivity index (χ4v) is 6.80. The summed E-state index contributed by atoms with van der Waals surface area (Å²) < 4.78 is 32.5. The number of benzene rings is 1. The van der Waals surface area contributed by atoms with Gasteiger partial charge >= 0.3 is 0 Å². The fraction of sp³-hybridized carbons (Fsp3) is 0.476. The van der Waals surface area contributed by atoms with E-state index in [1.54, 1.807) is 12.1 Å². The van der Waals surface area contributed by atoms with E-state index in [9.17, 15) is 13.2 Å². The smallest absolute Gasteiger partial charge is 0.252 e. The number of thiophene rings is 1. The van der Waals surface area contributed by atoms with Crippen LogP contribution in [0.4, 0.5) is 5.69 Å². The van der Waals surface area contributed by atoms with Crippen LogP contribution in [-0.2, 0) is 32.5 Å². The minimum Gasteiger partial charge on any atom is -0.379 e. The molecule has 0 bridgehead atoms. The Morgan fingerprint density at radius 3 is 2.60 bits per heavy atom. The average molecular weight is 450 g/mol. The number of rotatable bonds is 7. The van der Waals surface area contributed by atoms with Gasteiger partial charge in [-0.25, -0.2) is 8.42 Å². The highest BCUT2D eigenvalue weighted by Crippen LogP contribution is 2.27. The van der Waals surface area contributed by atoms with Crippen molar-refractivity contribution in [3.63, 3.8) is 0 Å². The van der Waals surface area contributed by atoms with Crippen LogP contribution in [0, 0.1) is 0 Å². The van der Waals surface area contributed by atoms with Crippen LogP contribution in [0.15, 0.2) is 40.6 Å². The number of anilines is 1. The molecule has 3 heterocycles. The number of nitrogens with one attached hydrogen (secondary N) is 1. The lowest BCUT2D eigenvalue weighted by atomic mass is 10.1. The SMILES string of the molecule is O=C(Cc1ccc(S(=O)(=O)N2CCCC2)s1)Nc1cccc(CN2CCOCC2)c1. The fourth-order valence-electron chi connectivity index (χ4n) is 3.78. The Morgan fingerprint density at radius 1 is 1.07 bits per heavy atom. The second-order valence-electron chi connectivity index (χ2n) is 7.65. The summed E-state index contributed by atoms with van der Waals surface area (Å²) in [6, 6.07) is 11.2. The molecule has 4 rings (SSSR count). The largest absolute Gasteiger partial charge is 0.379 e. The van der Waals surface area contributed by atoms with Gasteiger partial charge in [-0.2, -0.15) is 4.31 Å². The molecule has 0 radical (unpaired) electrons. The van der Waals surface area contributed by atoms with Crippen molar-refractivity contribution in [1.82, 2.24) is 9.21 Å². The first-order valence-electron chi connectivity index (χ1n) is 10.3. The molecule has 0 unspecified atom stereocenters. The Kier molecular flexibility index (Phi) is 6.84. The van der Waals surface area contributed by atoms with Crippen LogP contribution >= 0.6 is 11.3 Å². The van der Waals surface area contributed by atoms with Gasteiger partial charge < -0.3 is 10.1 Å². The van der Waals surface area contributed by atoms with Crippen LogP contribution in [0.5, 0.6) is 0 Å². The van der Waals surface area contributed by atoms with Gasteiger partial charge in [-0.1, -0.05) is 12.1 Å². The van der Waals surface area contributed by atoms with Gasteiger partial charge in [-0.05, 0) is 42.7 Å². The van der Waals surface area contributed by atoms with Crippen LogP contribution in [0.1, 0.15) is 23.3 Å². The molecule has 30 heavy (non-hydrogen) atoms. The standard InChI is InChI=1S/C21H27N3O4S2/c25-20(15-19-6-7-21(29-19)30(26,27)24-8-1-2-9-24)22-18-5-3-4-17(14-18)16-23-10-12-28-13-11-23/h3-7,14H,1-2,8-13,15-16H2,(H,22,25). The van der Waals surface area contributed by atoms with E-state index >= 15 is 0 Å². The summed E-state index contributed by atoms with van der Waals surface area (Å²) in [5.74, 6) is -0.148. The van der Waals surface area contributed by atoms with Crippen LogP contribution in [0.2, 0.25) is 0 Å². The van der Waals surface area contributed by atoms with E-state index in [2.05, 4.69) is 16.3 Å². The van der Waals surface area contributed by atoms with E-state index in [0.717, 1.165) is 61.8 Å². The molecule has 1 aromatic heterocycles. The maximum absolute atomic E-state index is 12.6. The zero-order chi connectivity index (χ0) is 21.0. The maximum atomic E-state index is 12.6. The van der Waals surface area contributed by atoms with Gasteiger partial charge in [-0.15, -0.1) is 11.3 Å². The summed E-state index contributed by atoms with van der Waals surface area (Å²) >= 11 is 1.18. The Labute approximate surface area is 181 Å². The van der Waals surface area contributed by atoms with E-state index in [1.807, 2.05) is 18.2 Å². The van der Waals surface area contributed by atoms with Gasteiger partial charge in [0.2, 0.25) is 5.91 Å². The summed E-state index contributed by atoms with van der Waals surface area (Å²) in [6.45, 7) is 5.33. The number of hydrogen-bond donors (Lipinski definition) is 1. The Morgan fingerprint density at radius 2 is 1.83 bits per heavy atom. The number of nitrogens with zero attached hydrogens (tertiary/aromatic N) is 2. The van der Waals surface area contributed by atoms with E-state index in [4.69, 9.17) is 4.74 Å². The quantitative estimate of drug-likeness (QED) is 0.703. The third-order valence-corrected chi connectivity index (χ3v) is 8.80. The number of ether oxygens (including phenoxy) is 1. The zero-order valence-electron chi connectivity index (χ0n) is 16.9. The molecular weight excluding hydrogens is 422 g/mol. The highest BCUT2D eigenvalue weighted by Gasteiger charge is 2.28. The topological polar surface area (TPSA) is 79.0 Å². The Bertz CT molecular complexity index is 978. The van der Waals surface area contributed by atoms with E-state index in [-0.39, 0.29) is 12.3 Å². The molecule has 1 amide bonds. The molecule has 1 aromatic carbocycles. The third-order valence-electron chi connectivity index (χ3n) is 5.35. The highest BCUT2D eigenvalue weighted by molar-refractivity contribution is 7.91. The lowest BCUT2D eigenvalue weighted by Gasteiger charge is -2.26. The lowest BCUT2D eigenvalue weighted by molar-refractivity contribution is -0.115. The first kappa shape index (κ1) is 21.5. The summed E-state index contributed by atoms with van der Waals surface area (Å²) in [4.78, 5) is 15.6. The number of hydrogen-bond acceptors (Lipinski definition) is 6. The van der Waals surface area contributed by atoms with Crippen molar-refractivity contribution >= 4 is 33.0 Å². The number of carbonyl (C=O) groups is 1. The summed E-state index contributed by atoms with van der Waals surface area (Å²) in [6.07, 6.45) is 1.98. The molecule has 162 valence electrons. The number of amides is 1. The summed E-state index contributed by atoms with van der Waals surface area (Å²) in [5, 5.41) is 2.94. The predicted octanol–water partition coefficient (Wildman–Crippen LogP) is 2.55. The van der Waals surface area contributed by atoms with Crippen molar-refractivity contribution < 1.29 is 17.9 Å². The number of carbonyl (C=O) groups excluding carboxylic acids is 1. The van der Waals surface area contributed by atoms with Crippen molar-refractivity contribution in [1.29, 1.82) is 0 Å². The van der Waals surface area contributed by atoms with Crippen LogP contribution < -0.4 is 5.32 Å². The minimum atomic E-state index is -3.43. The molecule has 0 atom stereocenters. The van der Waals surface area contributed by atoms with Gasteiger partial charge in [0.05, 0.1) is 19.6 Å². The first-order chi connectivity index (χ1) is 14.5. The highest BCUT2D eigenvalue weighted by atomic mass is 32.2. The molecular formula is C21H27N3O4S2. The van der Waals surface area contributed by atoms with Crippen LogP contribution in [-0.4, -0.2) is 62.9 Å². The van der Waals surface area contributed by atoms with Crippen molar-refractivity contribution in [2.24, 2.45) is 0 Å². The van der Waals surface area contributed by atoms with Crippen LogP contribution in [0.3, 0.4) is 0 Å². The van der Waals surface area contributed by atoms with E-state index < -0.39 is 10.0 Å². The number of morpholine rings is 1. The first-order valence-corrected chi connectivity index (χ1v) is 12.5. The van der Waals surface area contributed by atoms with Gasteiger partial charge in [0.25, 0.3) is 10.0 Å². The predicted molar refractivity (Wildman–Crippen MR) is 117 cm³/mol. The molecule has 0 spiro atoms. The molecule has 7 nitrogen and oxygen atoms in total. The zero-order valence-corrected chi connectivity index (χ0v) is 18.5. The van der Waals surface area contributed by atoms with Crippen molar-refractivity contribution in [3.8, 4) is 0 Å². The lowest BCUT2D eigenvalue weighted by Crippen LogP contribution is -2.35. The third kappa shape index (κ3) is 5.28. The molecule has 9 heteroatoms. The van der Waals surface area contributed by atoms with E-state index in [1.165, 1.54) is 15.6 Å². The summed E-state index contributed by atoms with van der Waals surface area (Å²) in [7, 11) is -3.43. The van der Waals surface area contributed by atoms with Crippen molar-refractivity contribution in [3.05, 3.63) is 46.8 Å². The van der Waals surface area contributed by atoms with E-state index in [0.29, 0.717) is 17.3 Å². The molecule has 0 saturated carbocycles. The van der Waals surface area contributed by atoms with Crippen molar-refractivity contribution in [2.45, 2.75) is 30.0 Å². The molecule has 2 saturated heterocycles. The van der Waals surface area contributed by atoms with Crippen molar-refractivity contribution in [2.75, 3.05) is 44.7 Å². The molecule has 0 aliphatic carbocycles. The monoisotopic (exact) mass is 449 g/mol. The Hall–Kier alpha value is -1.78. The maximum Gasteiger partial charge on any atom is 0.252 e.